The molecule has 1 saturated heterocycles. The molecule has 2 aromatic heterocycles. The Morgan fingerprint density at radius 3 is 2.49 bits per heavy atom. The number of fused-ring (bicyclic) bond motifs is 2. The minimum atomic E-state index is -1.08. The number of ketones is 1. The fraction of sp³-hybridized carbons (Fsp3) is 0.0357. The standard InChI is InChI=1S/C28H17N3O5S/c32-24(18-9-5-7-15-6-1-2-8-17(15)18)22-23(20-10-3-4-13-29-20)31(26(34)25(22)33)28-30-19-12-11-16(27(35)36)14-21(19)37-28/h1-14,23,32H,(H,35,36)/b24-22+. The van der Waals surface area contributed by atoms with E-state index in [4.69, 9.17) is 0 Å². The number of aromatic nitrogens is 2. The molecule has 0 bridgehead atoms. The maximum absolute atomic E-state index is 13.4. The molecule has 5 aromatic rings. The van der Waals surface area contributed by atoms with Crippen LogP contribution in [0.4, 0.5) is 5.13 Å². The lowest BCUT2D eigenvalue weighted by atomic mass is 9.95. The van der Waals surface area contributed by atoms with Crippen LogP contribution in [0.2, 0.25) is 0 Å². The molecule has 3 heterocycles. The van der Waals surface area contributed by atoms with Crippen LogP contribution in [0.15, 0.2) is 90.6 Å². The number of anilines is 1. The van der Waals surface area contributed by atoms with Crippen LogP contribution >= 0.6 is 11.3 Å². The van der Waals surface area contributed by atoms with Crippen molar-refractivity contribution in [1.82, 2.24) is 9.97 Å². The van der Waals surface area contributed by atoms with Crippen molar-refractivity contribution in [1.29, 1.82) is 0 Å². The first-order valence-electron chi connectivity index (χ1n) is 11.3. The largest absolute Gasteiger partial charge is 0.507 e. The van der Waals surface area contributed by atoms with Gasteiger partial charge in [-0.05, 0) is 41.1 Å². The van der Waals surface area contributed by atoms with Gasteiger partial charge in [-0.25, -0.2) is 9.78 Å². The summed E-state index contributed by atoms with van der Waals surface area (Å²) in [5.74, 6) is -3.09. The zero-order chi connectivity index (χ0) is 25.7. The van der Waals surface area contributed by atoms with Crippen molar-refractivity contribution in [3.8, 4) is 0 Å². The summed E-state index contributed by atoms with van der Waals surface area (Å²) in [6, 6.07) is 21.4. The molecule has 1 aliphatic heterocycles. The van der Waals surface area contributed by atoms with Gasteiger partial charge in [0, 0.05) is 11.8 Å². The molecule has 37 heavy (non-hydrogen) atoms. The number of amides is 1. The van der Waals surface area contributed by atoms with E-state index < -0.39 is 23.7 Å². The summed E-state index contributed by atoms with van der Waals surface area (Å²) in [4.78, 5) is 48.4. The van der Waals surface area contributed by atoms with Gasteiger partial charge in [-0.15, -0.1) is 0 Å². The average Bonchev–Trinajstić information content (AvgIpc) is 3.46. The van der Waals surface area contributed by atoms with Gasteiger partial charge in [-0.2, -0.15) is 0 Å². The molecule has 9 heteroatoms. The normalized spacial score (nSPS) is 17.1. The molecule has 1 atom stereocenters. The van der Waals surface area contributed by atoms with Crippen LogP contribution in [0.3, 0.4) is 0 Å². The van der Waals surface area contributed by atoms with Gasteiger partial charge in [0.1, 0.15) is 11.8 Å². The number of pyridine rings is 1. The zero-order valence-corrected chi connectivity index (χ0v) is 19.8. The van der Waals surface area contributed by atoms with Crippen molar-refractivity contribution in [3.63, 3.8) is 0 Å². The smallest absolute Gasteiger partial charge is 0.335 e. The second kappa shape index (κ2) is 8.65. The molecule has 8 nitrogen and oxygen atoms in total. The summed E-state index contributed by atoms with van der Waals surface area (Å²) in [6.45, 7) is 0. The highest BCUT2D eigenvalue weighted by molar-refractivity contribution is 7.22. The summed E-state index contributed by atoms with van der Waals surface area (Å²) in [5.41, 5.74) is 1.29. The highest BCUT2D eigenvalue weighted by Crippen LogP contribution is 2.44. The van der Waals surface area contributed by atoms with Gasteiger partial charge in [0.2, 0.25) is 0 Å². The molecule has 0 radical (unpaired) electrons. The minimum absolute atomic E-state index is 0.0852. The summed E-state index contributed by atoms with van der Waals surface area (Å²) in [6.07, 6.45) is 1.55. The maximum atomic E-state index is 13.4. The van der Waals surface area contributed by atoms with Gasteiger partial charge in [0.25, 0.3) is 5.78 Å². The Morgan fingerprint density at radius 2 is 1.70 bits per heavy atom. The third kappa shape index (κ3) is 3.64. The summed E-state index contributed by atoms with van der Waals surface area (Å²) >= 11 is 1.09. The molecule has 1 aliphatic rings. The first-order valence-corrected chi connectivity index (χ1v) is 12.1. The molecule has 0 aliphatic carbocycles. The van der Waals surface area contributed by atoms with E-state index in [0.717, 1.165) is 22.1 Å². The summed E-state index contributed by atoms with van der Waals surface area (Å²) in [5, 5.41) is 22.7. The number of aromatic carboxylic acids is 1. The van der Waals surface area contributed by atoms with Crippen molar-refractivity contribution in [2.45, 2.75) is 6.04 Å². The Labute approximate surface area is 213 Å². The third-order valence-electron chi connectivity index (χ3n) is 6.29. The molecule has 2 N–H and O–H groups in total. The average molecular weight is 508 g/mol. The molecule has 3 aromatic carbocycles. The minimum Gasteiger partial charge on any atom is -0.507 e. The van der Waals surface area contributed by atoms with E-state index in [-0.39, 0.29) is 22.0 Å². The van der Waals surface area contributed by atoms with Crippen molar-refractivity contribution in [2.24, 2.45) is 0 Å². The second-order valence-corrected chi connectivity index (χ2v) is 9.44. The molecule has 180 valence electrons. The Bertz CT molecular complexity index is 1770. The number of benzene rings is 3. The molecular formula is C28H17N3O5S. The highest BCUT2D eigenvalue weighted by Gasteiger charge is 2.49. The molecule has 1 fully saturated rings. The predicted octanol–water partition coefficient (Wildman–Crippen LogP) is 5.17. The van der Waals surface area contributed by atoms with E-state index in [1.54, 1.807) is 42.6 Å². The number of rotatable bonds is 4. The number of Topliss-reactive ketones (excluding diaryl/α,β-unsaturated/α-hetero) is 1. The third-order valence-corrected chi connectivity index (χ3v) is 7.30. The van der Waals surface area contributed by atoms with Crippen molar-refractivity contribution >= 4 is 60.9 Å². The van der Waals surface area contributed by atoms with Crippen LogP contribution in [0.1, 0.15) is 27.7 Å². The van der Waals surface area contributed by atoms with Gasteiger partial charge in [0.15, 0.2) is 5.13 Å². The van der Waals surface area contributed by atoms with Crippen molar-refractivity contribution in [2.75, 3.05) is 4.90 Å². The van der Waals surface area contributed by atoms with Gasteiger partial charge in [-0.1, -0.05) is 59.9 Å². The number of carbonyl (C=O) groups excluding carboxylic acids is 2. The Kier molecular flexibility index (Phi) is 5.27. The molecule has 0 saturated carbocycles. The number of carboxylic acid groups (broad SMARTS) is 1. The lowest BCUT2D eigenvalue weighted by Crippen LogP contribution is -2.29. The van der Waals surface area contributed by atoms with Crippen LogP contribution in [0.25, 0.3) is 26.7 Å². The number of hydrogen-bond acceptors (Lipinski definition) is 7. The first kappa shape index (κ1) is 22.6. The van der Waals surface area contributed by atoms with Crippen LogP contribution in [0.5, 0.6) is 0 Å². The second-order valence-electron chi connectivity index (χ2n) is 8.43. The van der Waals surface area contributed by atoms with Crippen molar-refractivity contribution < 1.29 is 24.6 Å². The number of aliphatic hydroxyl groups excluding tert-OH is 1. The maximum Gasteiger partial charge on any atom is 0.335 e. The molecule has 0 spiro atoms. The Morgan fingerprint density at radius 1 is 0.919 bits per heavy atom. The SMILES string of the molecule is O=C1C(=O)N(c2nc3ccc(C(=O)O)cc3s2)C(c2ccccn2)/C1=C(\O)c1cccc2ccccc12. The Balaban J connectivity index is 1.58. The van der Waals surface area contributed by atoms with Crippen LogP contribution in [-0.4, -0.2) is 37.8 Å². The number of aliphatic hydroxyl groups is 1. The van der Waals surface area contributed by atoms with E-state index in [0.29, 0.717) is 21.5 Å². The first-order chi connectivity index (χ1) is 17.9. The highest BCUT2D eigenvalue weighted by atomic mass is 32.1. The van der Waals surface area contributed by atoms with Gasteiger partial charge in [0.05, 0.1) is 27.0 Å². The molecule has 1 unspecified atom stereocenters. The monoisotopic (exact) mass is 507 g/mol. The van der Waals surface area contributed by atoms with E-state index in [1.165, 1.54) is 17.0 Å². The van der Waals surface area contributed by atoms with Crippen LogP contribution in [-0.2, 0) is 9.59 Å². The van der Waals surface area contributed by atoms with Crippen LogP contribution in [0, 0.1) is 0 Å². The summed E-state index contributed by atoms with van der Waals surface area (Å²) < 4.78 is 0.547. The quantitative estimate of drug-likeness (QED) is 0.196. The number of thiazole rings is 1. The number of carbonyl (C=O) groups is 3. The number of carboxylic acids is 1. The molecule has 1 amide bonds. The van der Waals surface area contributed by atoms with E-state index in [9.17, 15) is 24.6 Å². The number of hydrogen-bond donors (Lipinski definition) is 2. The fourth-order valence-corrected chi connectivity index (χ4v) is 5.60. The van der Waals surface area contributed by atoms with E-state index in [1.807, 2.05) is 30.3 Å². The molecular weight excluding hydrogens is 490 g/mol. The van der Waals surface area contributed by atoms with Gasteiger partial charge in [-0.3, -0.25) is 19.5 Å². The Hall–Kier alpha value is -4.89. The lowest BCUT2D eigenvalue weighted by molar-refractivity contribution is -0.132. The number of nitrogens with zero attached hydrogens (tertiary/aromatic N) is 3. The van der Waals surface area contributed by atoms with Crippen molar-refractivity contribution in [3.05, 3.63) is 107 Å². The predicted molar refractivity (Wildman–Crippen MR) is 140 cm³/mol. The van der Waals surface area contributed by atoms with Gasteiger partial charge >= 0.3 is 11.9 Å². The van der Waals surface area contributed by atoms with Gasteiger partial charge < -0.3 is 10.2 Å². The topological polar surface area (TPSA) is 121 Å². The van der Waals surface area contributed by atoms with E-state index in [2.05, 4.69) is 9.97 Å². The summed E-state index contributed by atoms with van der Waals surface area (Å²) in [7, 11) is 0. The zero-order valence-electron chi connectivity index (χ0n) is 19.0. The molecule has 6 rings (SSSR count). The lowest BCUT2D eigenvalue weighted by Gasteiger charge is -2.22. The fourth-order valence-electron chi connectivity index (χ4n) is 4.57. The van der Waals surface area contributed by atoms with E-state index >= 15 is 0 Å². The van der Waals surface area contributed by atoms with Crippen LogP contribution < -0.4 is 4.90 Å².